The van der Waals surface area contributed by atoms with Gasteiger partial charge in [0.1, 0.15) is 0 Å². The Balaban J connectivity index is 1.51. The largest absolute Gasteiger partial charge is 0.490 e. The minimum absolute atomic E-state index is 0.192. The summed E-state index contributed by atoms with van der Waals surface area (Å²) < 4.78 is 12.2. The van der Waals surface area contributed by atoms with Crippen LogP contribution in [-0.4, -0.2) is 30.2 Å². The predicted octanol–water partition coefficient (Wildman–Crippen LogP) is 6.72. The number of hydrogen-bond donors (Lipinski definition) is 2. The Morgan fingerprint density at radius 3 is 2.65 bits per heavy atom. The minimum atomic E-state index is -0.295. The van der Waals surface area contributed by atoms with E-state index >= 15 is 0 Å². The normalized spacial score (nSPS) is 15.1. The molecule has 0 bridgehead atoms. The molecule has 0 unspecified atom stereocenters. The Morgan fingerprint density at radius 2 is 1.89 bits per heavy atom. The number of nitrogens with zero attached hydrogens (tertiary/aromatic N) is 1. The van der Waals surface area contributed by atoms with E-state index in [0.717, 1.165) is 5.56 Å². The lowest BCUT2D eigenvalue weighted by Gasteiger charge is -2.14. The highest BCUT2D eigenvalue weighted by atomic mass is 79.9. The van der Waals surface area contributed by atoms with Gasteiger partial charge in [-0.25, -0.2) is 4.99 Å². The summed E-state index contributed by atoms with van der Waals surface area (Å²) in [5.74, 6) is 0.307. The fourth-order valence-corrected chi connectivity index (χ4v) is 4.78. The zero-order valence-corrected chi connectivity index (χ0v) is 23.2. The van der Waals surface area contributed by atoms with Crippen molar-refractivity contribution >= 4 is 73.7 Å². The Labute approximate surface area is 232 Å². The molecule has 4 rings (SSSR count). The summed E-state index contributed by atoms with van der Waals surface area (Å²) >= 11 is 11.0. The van der Waals surface area contributed by atoms with Gasteiger partial charge < -0.3 is 20.1 Å². The van der Waals surface area contributed by atoms with Gasteiger partial charge in [-0.05, 0) is 79.2 Å². The molecule has 0 radical (unpaired) electrons. The highest BCUT2D eigenvalue weighted by Crippen LogP contribution is 2.37. The van der Waals surface area contributed by atoms with Crippen LogP contribution in [0.4, 0.5) is 11.4 Å². The van der Waals surface area contributed by atoms with Gasteiger partial charge in [0.25, 0.3) is 11.8 Å². The van der Waals surface area contributed by atoms with Crippen molar-refractivity contribution in [3.8, 4) is 11.5 Å². The maximum atomic E-state index is 12.6. The lowest BCUT2D eigenvalue weighted by atomic mass is 10.2. The van der Waals surface area contributed by atoms with Crippen molar-refractivity contribution in [2.45, 2.75) is 13.8 Å². The van der Waals surface area contributed by atoms with E-state index < -0.39 is 0 Å². The molecule has 7 nitrogen and oxygen atoms in total. The summed E-state index contributed by atoms with van der Waals surface area (Å²) in [6, 6.07) is 18.1. The molecular weight excluding hydrogens is 578 g/mol. The number of ether oxygens (including phenoxy) is 2. The molecule has 1 aliphatic rings. The van der Waals surface area contributed by atoms with Crippen LogP contribution in [0.1, 0.15) is 18.1 Å². The molecule has 0 spiro atoms. The van der Waals surface area contributed by atoms with Crippen LogP contribution in [0, 0.1) is 6.92 Å². The number of carbonyl (C=O) groups is 2. The topological polar surface area (TPSA) is 89.0 Å². The van der Waals surface area contributed by atoms with E-state index in [4.69, 9.17) is 21.1 Å². The van der Waals surface area contributed by atoms with Gasteiger partial charge in [-0.2, -0.15) is 0 Å². The second-order valence-electron chi connectivity index (χ2n) is 7.82. The van der Waals surface area contributed by atoms with Gasteiger partial charge in [0.2, 0.25) is 0 Å². The average Bonchev–Trinajstić information content (AvgIpc) is 3.22. The van der Waals surface area contributed by atoms with Gasteiger partial charge in [-0.15, -0.1) is 0 Å². The number of benzene rings is 3. The van der Waals surface area contributed by atoms with Gasteiger partial charge in [-0.1, -0.05) is 51.8 Å². The molecule has 1 aliphatic heterocycles. The molecule has 0 saturated carbocycles. The molecule has 0 atom stereocenters. The summed E-state index contributed by atoms with van der Waals surface area (Å²) in [5.41, 5.74) is 2.92. The van der Waals surface area contributed by atoms with E-state index in [9.17, 15) is 9.59 Å². The van der Waals surface area contributed by atoms with Crippen LogP contribution >= 0.6 is 39.3 Å². The van der Waals surface area contributed by atoms with E-state index in [0.29, 0.717) is 54.6 Å². The first-order valence-corrected chi connectivity index (χ1v) is 13.3. The van der Waals surface area contributed by atoms with Crippen LogP contribution in [0.25, 0.3) is 6.08 Å². The van der Waals surface area contributed by atoms with Crippen molar-refractivity contribution in [2.24, 2.45) is 4.99 Å². The molecule has 1 heterocycles. The number of nitrogens with one attached hydrogen (secondary N) is 2. The summed E-state index contributed by atoms with van der Waals surface area (Å²) in [6.07, 6.45) is 1.74. The van der Waals surface area contributed by atoms with E-state index in [1.54, 1.807) is 36.4 Å². The molecule has 0 aromatic heterocycles. The van der Waals surface area contributed by atoms with E-state index in [1.807, 2.05) is 44.2 Å². The van der Waals surface area contributed by atoms with Gasteiger partial charge in [0.05, 0.1) is 17.2 Å². The van der Waals surface area contributed by atoms with Gasteiger partial charge in [0.15, 0.2) is 23.3 Å². The highest BCUT2D eigenvalue weighted by Gasteiger charge is 2.25. The molecule has 3 aromatic carbocycles. The maximum Gasteiger partial charge on any atom is 0.264 e. The lowest BCUT2D eigenvalue weighted by Crippen LogP contribution is -2.20. The van der Waals surface area contributed by atoms with Crippen LogP contribution in [0.3, 0.4) is 0 Å². The zero-order chi connectivity index (χ0) is 26.4. The summed E-state index contributed by atoms with van der Waals surface area (Å²) in [5, 5.41) is 6.64. The molecule has 1 fully saturated rings. The maximum absolute atomic E-state index is 12.6. The Morgan fingerprint density at radius 1 is 1.14 bits per heavy atom. The van der Waals surface area contributed by atoms with Crippen LogP contribution in [0.2, 0.25) is 5.02 Å². The van der Waals surface area contributed by atoms with Gasteiger partial charge in [-0.3, -0.25) is 9.59 Å². The second-order valence-corrected chi connectivity index (χ2v) is 10.1. The van der Waals surface area contributed by atoms with Crippen molar-refractivity contribution in [2.75, 3.05) is 18.5 Å². The van der Waals surface area contributed by atoms with E-state index in [2.05, 4.69) is 31.6 Å². The van der Waals surface area contributed by atoms with Gasteiger partial charge in [0, 0.05) is 15.2 Å². The third-order valence-corrected chi connectivity index (χ3v) is 7.18. The van der Waals surface area contributed by atoms with Crippen LogP contribution in [0.15, 0.2) is 75.0 Å². The predicted molar refractivity (Wildman–Crippen MR) is 153 cm³/mol. The first kappa shape index (κ1) is 26.8. The SMILES string of the molecule is CCOc1cc(/C=C2/SC(=Nc3cccc(Cl)c3C)NC2=O)c(Br)cc1OCC(=O)Nc1ccccc1. The zero-order valence-electron chi connectivity index (χ0n) is 20.0. The third kappa shape index (κ3) is 6.94. The summed E-state index contributed by atoms with van der Waals surface area (Å²) in [6.45, 7) is 3.94. The molecule has 10 heteroatoms. The van der Waals surface area contributed by atoms with E-state index in [1.165, 1.54) is 11.8 Å². The monoisotopic (exact) mass is 599 g/mol. The van der Waals surface area contributed by atoms with Gasteiger partial charge >= 0.3 is 0 Å². The van der Waals surface area contributed by atoms with Crippen molar-refractivity contribution in [1.29, 1.82) is 0 Å². The standard InChI is InChI=1S/C27H23BrClN3O4S/c1-3-35-22-12-17(19(28)14-23(22)36-15-25(33)30-18-8-5-4-6-9-18)13-24-26(34)32-27(37-24)31-21-11-7-10-20(29)16(21)2/h4-14H,3,15H2,1-2H3,(H,30,33)(H,31,32,34)/b24-13+. The molecule has 37 heavy (non-hydrogen) atoms. The van der Waals surface area contributed by atoms with Crippen LogP contribution in [0.5, 0.6) is 11.5 Å². The number of anilines is 1. The fourth-order valence-electron chi connectivity index (χ4n) is 3.35. The first-order chi connectivity index (χ1) is 17.8. The van der Waals surface area contributed by atoms with Crippen LogP contribution < -0.4 is 20.1 Å². The molecule has 1 saturated heterocycles. The smallest absolute Gasteiger partial charge is 0.264 e. The molecule has 3 aromatic rings. The summed E-state index contributed by atoms with van der Waals surface area (Å²) in [7, 11) is 0. The number of hydrogen-bond acceptors (Lipinski definition) is 6. The quantitative estimate of drug-likeness (QED) is 0.280. The number of amidine groups is 1. The molecule has 0 aliphatic carbocycles. The number of carbonyl (C=O) groups excluding carboxylic acids is 2. The highest BCUT2D eigenvalue weighted by molar-refractivity contribution is 9.10. The summed E-state index contributed by atoms with van der Waals surface area (Å²) in [4.78, 5) is 29.9. The molecular formula is C27H23BrClN3O4S. The number of halogens is 2. The number of thioether (sulfide) groups is 1. The Kier molecular flexibility index (Phi) is 8.91. The second kappa shape index (κ2) is 12.3. The Bertz CT molecular complexity index is 1400. The number of rotatable bonds is 8. The lowest BCUT2D eigenvalue weighted by molar-refractivity contribution is -0.118. The average molecular weight is 601 g/mol. The van der Waals surface area contributed by atoms with Crippen molar-refractivity contribution in [1.82, 2.24) is 5.32 Å². The minimum Gasteiger partial charge on any atom is -0.490 e. The van der Waals surface area contributed by atoms with E-state index in [-0.39, 0.29) is 18.4 Å². The number of amides is 2. The first-order valence-electron chi connectivity index (χ1n) is 11.3. The molecule has 2 N–H and O–H groups in total. The van der Waals surface area contributed by atoms with Crippen LogP contribution in [-0.2, 0) is 9.59 Å². The van der Waals surface area contributed by atoms with Crippen molar-refractivity contribution < 1.29 is 19.1 Å². The number of aliphatic imine (C=N–C) groups is 1. The fraction of sp³-hybridized carbons (Fsp3) is 0.148. The van der Waals surface area contributed by atoms with Crippen molar-refractivity contribution in [3.63, 3.8) is 0 Å². The Hall–Kier alpha value is -3.27. The third-order valence-electron chi connectivity index (χ3n) is 5.18. The molecule has 2 amide bonds. The van der Waals surface area contributed by atoms with Crippen molar-refractivity contribution in [3.05, 3.63) is 86.2 Å². The molecule has 190 valence electrons. The number of para-hydroxylation sites is 1.